The molecule has 2 atom stereocenters. The van der Waals surface area contributed by atoms with Crippen molar-refractivity contribution < 1.29 is 18.3 Å². The molecular weight excluding hydrogens is 280 g/mol. The molecule has 1 heterocycles. The fraction of sp³-hybridized carbons (Fsp3) is 0.615. The normalized spacial score (nSPS) is 23.6. The summed E-state index contributed by atoms with van der Waals surface area (Å²) in [6.45, 7) is 0.189. The van der Waals surface area contributed by atoms with Crippen molar-refractivity contribution in [1.29, 1.82) is 0 Å². The molecule has 7 heteroatoms. The van der Waals surface area contributed by atoms with Crippen molar-refractivity contribution in [2.24, 2.45) is 18.9 Å². The lowest BCUT2D eigenvalue weighted by Gasteiger charge is -2.28. The zero-order chi connectivity index (χ0) is 14.8. The maximum absolute atomic E-state index is 12.1. The van der Waals surface area contributed by atoms with Crippen LogP contribution in [0.25, 0.3) is 0 Å². The molecule has 2 N–H and O–H groups in total. The van der Waals surface area contributed by atoms with Crippen LogP contribution in [-0.4, -0.2) is 30.6 Å². The summed E-state index contributed by atoms with van der Waals surface area (Å²) < 4.78 is 28.4. The quantitative estimate of drug-likeness (QED) is 0.855. The molecule has 0 amide bonds. The Labute approximate surface area is 118 Å². The van der Waals surface area contributed by atoms with Crippen molar-refractivity contribution >= 4 is 16.0 Å². The summed E-state index contributed by atoms with van der Waals surface area (Å²) in [6, 6.07) is 1.53. The first-order valence-corrected chi connectivity index (χ1v) is 8.23. The van der Waals surface area contributed by atoms with E-state index in [4.69, 9.17) is 0 Å². The molecule has 2 rings (SSSR count). The van der Waals surface area contributed by atoms with Gasteiger partial charge in [-0.1, -0.05) is 12.8 Å². The summed E-state index contributed by atoms with van der Waals surface area (Å²) >= 11 is 0. The summed E-state index contributed by atoms with van der Waals surface area (Å²) in [7, 11) is -1.80. The number of rotatable bonds is 5. The van der Waals surface area contributed by atoms with Crippen molar-refractivity contribution in [2.45, 2.75) is 30.6 Å². The van der Waals surface area contributed by atoms with Crippen molar-refractivity contribution in [1.82, 2.24) is 9.29 Å². The van der Waals surface area contributed by atoms with Gasteiger partial charge in [-0.25, -0.2) is 13.1 Å². The minimum absolute atomic E-state index is 0.125. The molecule has 6 nitrogen and oxygen atoms in total. The topological polar surface area (TPSA) is 88.4 Å². The molecule has 1 fully saturated rings. The maximum Gasteiger partial charge on any atom is 0.306 e. The first kappa shape index (κ1) is 15.1. The van der Waals surface area contributed by atoms with Crippen molar-refractivity contribution in [2.75, 3.05) is 6.54 Å². The number of hydrogen-bond donors (Lipinski definition) is 2. The summed E-state index contributed by atoms with van der Waals surface area (Å²) in [5, 5.41) is 9.18. The van der Waals surface area contributed by atoms with Gasteiger partial charge in [0.25, 0.3) is 0 Å². The molecule has 1 aliphatic carbocycles. The molecule has 1 aromatic rings. The Balaban J connectivity index is 2.01. The highest BCUT2D eigenvalue weighted by Gasteiger charge is 2.31. The fourth-order valence-electron chi connectivity index (χ4n) is 2.71. The predicted octanol–water partition coefficient (Wildman–Crippen LogP) is 1.19. The standard InChI is InChI=1S/C13H20N2O4S/c1-15-7-6-11(9-15)20(18,19)14-8-10-4-2-3-5-12(10)13(16)17/h6-7,9-10,12,14H,2-5,8H2,1H3,(H,16,17). The molecule has 0 aromatic carbocycles. The summed E-state index contributed by atoms with van der Waals surface area (Å²) in [6.07, 6.45) is 6.44. The number of hydrogen-bond acceptors (Lipinski definition) is 3. The van der Waals surface area contributed by atoms with Crippen LogP contribution >= 0.6 is 0 Å². The Bertz CT molecular complexity index is 579. The Morgan fingerprint density at radius 1 is 1.45 bits per heavy atom. The molecule has 0 bridgehead atoms. The second-order valence-electron chi connectivity index (χ2n) is 5.35. The van der Waals surface area contributed by atoms with Gasteiger partial charge in [-0.15, -0.1) is 0 Å². The largest absolute Gasteiger partial charge is 0.481 e. The minimum Gasteiger partial charge on any atom is -0.481 e. The molecular formula is C13H20N2O4S. The third kappa shape index (κ3) is 3.40. The first-order chi connectivity index (χ1) is 9.40. The number of nitrogens with zero attached hydrogens (tertiary/aromatic N) is 1. The van der Waals surface area contributed by atoms with Gasteiger partial charge in [0.2, 0.25) is 10.0 Å². The van der Waals surface area contributed by atoms with Crippen molar-refractivity contribution in [3.8, 4) is 0 Å². The van der Waals surface area contributed by atoms with E-state index in [1.807, 2.05) is 0 Å². The monoisotopic (exact) mass is 300 g/mol. The number of nitrogens with one attached hydrogen (secondary N) is 1. The first-order valence-electron chi connectivity index (χ1n) is 6.74. The molecule has 112 valence electrons. The number of aliphatic carboxylic acids is 1. The summed E-state index contributed by atoms with van der Waals surface area (Å²) in [5.41, 5.74) is 0. The zero-order valence-corrected chi connectivity index (χ0v) is 12.3. The third-order valence-corrected chi connectivity index (χ3v) is 5.29. The van der Waals surface area contributed by atoms with E-state index in [1.54, 1.807) is 17.8 Å². The minimum atomic E-state index is -3.55. The molecule has 1 aliphatic rings. The predicted molar refractivity (Wildman–Crippen MR) is 73.7 cm³/mol. The van der Waals surface area contributed by atoms with Gasteiger partial charge in [-0.3, -0.25) is 4.79 Å². The van der Waals surface area contributed by atoms with Gasteiger partial charge >= 0.3 is 5.97 Å². The lowest BCUT2D eigenvalue weighted by Crippen LogP contribution is -2.37. The van der Waals surface area contributed by atoms with Crippen LogP contribution in [0.5, 0.6) is 0 Å². The van der Waals surface area contributed by atoms with Crippen LogP contribution in [0.1, 0.15) is 25.7 Å². The van der Waals surface area contributed by atoms with Gasteiger partial charge < -0.3 is 9.67 Å². The van der Waals surface area contributed by atoms with E-state index in [1.165, 1.54) is 12.3 Å². The molecule has 1 saturated carbocycles. The van der Waals surface area contributed by atoms with E-state index in [-0.39, 0.29) is 17.4 Å². The number of sulfonamides is 1. The molecule has 1 aromatic heterocycles. The lowest BCUT2D eigenvalue weighted by molar-refractivity contribution is -0.144. The molecule has 0 spiro atoms. The Morgan fingerprint density at radius 3 is 2.75 bits per heavy atom. The van der Waals surface area contributed by atoms with Crippen LogP contribution in [0.15, 0.2) is 23.4 Å². The number of carbonyl (C=O) groups is 1. The highest BCUT2D eigenvalue weighted by Crippen LogP contribution is 2.30. The Morgan fingerprint density at radius 2 is 2.15 bits per heavy atom. The van der Waals surface area contributed by atoms with Gasteiger partial charge in [-0.2, -0.15) is 0 Å². The van der Waals surface area contributed by atoms with Crippen LogP contribution in [0.2, 0.25) is 0 Å². The second kappa shape index (κ2) is 5.97. The molecule has 20 heavy (non-hydrogen) atoms. The highest BCUT2D eigenvalue weighted by molar-refractivity contribution is 7.89. The van der Waals surface area contributed by atoms with E-state index < -0.39 is 21.9 Å². The van der Waals surface area contributed by atoms with Crippen molar-refractivity contribution in [3.63, 3.8) is 0 Å². The average Bonchev–Trinajstić information content (AvgIpc) is 2.84. The molecule has 0 saturated heterocycles. The number of aryl methyl sites for hydroxylation is 1. The van der Waals surface area contributed by atoms with Crippen LogP contribution in [0.3, 0.4) is 0 Å². The Hall–Kier alpha value is -1.34. The van der Waals surface area contributed by atoms with Gasteiger partial charge in [0.15, 0.2) is 0 Å². The number of aromatic nitrogens is 1. The van der Waals surface area contributed by atoms with Gasteiger partial charge in [0.05, 0.1) is 10.8 Å². The third-order valence-electron chi connectivity index (χ3n) is 3.88. The van der Waals surface area contributed by atoms with Crippen LogP contribution in [0, 0.1) is 11.8 Å². The van der Waals surface area contributed by atoms with E-state index >= 15 is 0 Å². The van der Waals surface area contributed by atoms with Gasteiger partial charge in [-0.05, 0) is 24.8 Å². The molecule has 0 radical (unpaired) electrons. The fourth-order valence-corrected chi connectivity index (χ4v) is 3.86. The van der Waals surface area contributed by atoms with E-state index in [9.17, 15) is 18.3 Å². The highest BCUT2D eigenvalue weighted by atomic mass is 32.2. The molecule has 0 aliphatic heterocycles. The van der Waals surface area contributed by atoms with Gasteiger partial charge in [0, 0.05) is 26.0 Å². The van der Waals surface area contributed by atoms with Crippen molar-refractivity contribution in [3.05, 3.63) is 18.5 Å². The Kier molecular flexibility index (Phi) is 4.49. The van der Waals surface area contributed by atoms with E-state index in [2.05, 4.69) is 4.72 Å². The maximum atomic E-state index is 12.1. The number of carboxylic acids is 1. The second-order valence-corrected chi connectivity index (χ2v) is 7.12. The summed E-state index contributed by atoms with van der Waals surface area (Å²) in [5.74, 6) is -1.39. The smallest absolute Gasteiger partial charge is 0.306 e. The van der Waals surface area contributed by atoms with Crippen LogP contribution < -0.4 is 4.72 Å². The zero-order valence-electron chi connectivity index (χ0n) is 11.4. The number of carboxylic acid groups (broad SMARTS) is 1. The molecule has 2 unspecified atom stereocenters. The van der Waals surface area contributed by atoms with E-state index in [0.717, 1.165) is 19.3 Å². The van der Waals surface area contributed by atoms with Crippen LogP contribution in [0.4, 0.5) is 0 Å². The summed E-state index contributed by atoms with van der Waals surface area (Å²) in [4.78, 5) is 11.4. The lowest BCUT2D eigenvalue weighted by atomic mass is 9.79. The van der Waals surface area contributed by atoms with E-state index in [0.29, 0.717) is 6.42 Å². The van der Waals surface area contributed by atoms with Gasteiger partial charge in [0.1, 0.15) is 0 Å². The average molecular weight is 300 g/mol. The SMILES string of the molecule is Cn1ccc(S(=O)(=O)NCC2CCCCC2C(=O)O)c1. The van der Waals surface area contributed by atoms with Crippen LogP contribution in [-0.2, 0) is 21.9 Å².